The Hall–Kier alpha value is -3.37. The maximum absolute atomic E-state index is 14.3. The van der Waals surface area contributed by atoms with Gasteiger partial charge >= 0.3 is 0 Å². The normalized spacial score (nSPS) is 18.2. The highest BCUT2D eigenvalue weighted by Gasteiger charge is 2.22. The SMILES string of the molecule is COc1ccc(-n2nc(NCC3CC[C@H](N)C3)cc2-c2ccc(C#N)c(F)c2)cc1. The molecule has 1 aromatic heterocycles. The second-order valence-electron chi connectivity index (χ2n) is 7.65. The van der Waals surface area contributed by atoms with E-state index in [-0.39, 0.29) is 11.6 Å². The van der Waals surface area contributed by atoms with Gasteiger partial charge in [-0.05, 0) is 61.6 Å². The number of ether oxygens (including phenoxy) is 1. The summed E-state index contributed by atoms with van der Waals surface area (Å²) in [6.45, 7) is 0.800. The molecule has 1 saturated carbocycles. The number of anilines is 1. The maximum atomic E-state index is 14.3. The zero-order valence-corrected chi connectivity index (χ0v) is 16.8. The third-order valence-electron chi connectivity index (χ3n) is 5.57. The molecule has 1 unspecified atom stereocenters. The van der Waals surface area contributed by atoms with Crippen LogP contribution in [0.4, 0.5) is 10.2 Å². The third kappa shape index (κ3) is 4.14. The highest BCUT2D eigenvalue weighted by atomic mass is 19.1. The van der Waals surface area contributed by atoms with E-state index in [0.29, 0.717) is 17.3 Å². The summed E-state index contributed by atoms with van der Waals surface area (Å²) < 4.78 is 21.3. The molecule has 3 N–H and O–H groups in total. The number of methoxy groups -OCH3 is 1. The van der Waals surface area contributed by atoms with Crippen molar-refractivity contribution in [3.8, 4) is 28.8 Å². The minimum Gasteiger partial charge on any atom is -0.497 e. The highest BCUT2D eigenvalue weighted by Crippen LogP contribution is 2.29. The predicted octanol–water partition coefficient (Wildman–Crippen LogP) is 4.10. The molecule has 2 aromatic carbocycles. The summed E-state index contributed by atoms with van der Waals surface area (Å²) in [5.74, 6) is 1.44. The largest absolute Gasteiger partial charge is 0.497 e. The average Bonchev–Trinajstić information content (AvgIpc) is 3.38. The Balaban J connectivity index is 1.67. The van der Waals surface area contributed by atoms with Crippen molar-refractivity contribution in [2.45, 2.75) is 25.3 Å². The number of aromatic nitrogens is 2. The molecular weight excluding hydrogens is 381 g/mol. The number of halogens is 1. The molecule has 1 aliphatic carbocycles. The van der Waals surface area contributed by atoms with Crippen LogP contribution < -0.4 is 15.8 Å². The molecule has 0 spiro atoms. The van der Waals surface area contributed by atoms with Crippen molar-refractivity contribution in [3.63, 3.8) is 0 Å². The lowest BCUT2D eigenvalue weighted by Crippen LogP contribution is -2.17. The van der Waals surface area contributed by atoms with Crippen molar-refractivity contribution in [2.75, 3.05) is 19.0 Å². The van der Waals surface area contributed by atoms with E-state index in [1.165, 1.54) is 12.1 Å². The topological polar surface area (TPSA) is 88.9 Å². The molecule has 0 saturated heterocycles. The lowest BCUT2D eigenvalue weighted by atomic mass is 10.1. The molecule has 1 fully saturated rings. The van der Waals surface area contributed by atoms with Crippen LogP contribution in [0.15, 0.2) is 48.5 Å². The number of nitrogens with one attached hydrogen (secondary N) is 1. The van der Waals surface area contributed by atoms with Crippen LogP contribution in [0.25, 0.3) is 16.9 Å². The van der Waals surface area contributed by atoms with Gasteiger partial charge in [-0.3, -0.25) is 0 Å². The molecule has 3 aromatic rings. The number of rotatable bonds is 6. The second-order valence-corrected chi connectivity index (χ2v) is 7.65. The molecule has 7 heteroatoms. The highest BCUT2D eigenvalue weighted by molar-refractivity contribution is 5.67. The van der Waals surface area contributed by atoms with E-state index in [1.54, 1.807) is 17.9 Å². The fourth-order valence-corrected chi connectivity index (χ4v) is 3.91. The minimum absolute atomic E-state index is 0.0187. The summed E-state index contributed by atoms with van der Waals surface area (Å²) in [6, 6.07) is 16.1. The van der Waals surface area contributed by atoms with E-state index < -0.39 is 5.82 Å². The Kier molecular flexibility index (Phi) is 5.68. The third-order valence-corrected chi connectivity index (χ3v) is 5.57. The van der Waals surface area contributed by atoms with Gasteiger partial charge in [0.1, 0.15) is 23.5 Å². The molecule has 6 nitrogen and oxygen atoms in total. The summed E-state index contributed by atoms with van der Waals surface area (Å²) >= 11 is 0. The summed E-state index contributed by atoms with van der Waals surface area (Å²) in [6.07, 6.45) is 3.18. The van der Waals surface area contributed by atoms with E-state index in [2.05, 4.69) is 5.32 Å². The van der Waals surface area contributed by atoms with Gasteiger partial charge in [0.05, 0.1) is 24.1 Å². The van der Waals surface area contributed by atoms with Gasteiger partial charge in [-0.1, -0.05) is 6.07 Å². The number of nitriles is 1. The lowest BCUT2D eigenvalue weighted by molar-refractivity contribution is 0.414. The number of hydrogen-bond acceptors (Lipinski definition) is 5. The molecule has 154 valence electrons. The molecule has 1 aliphatic rings. The van der Waals surface area contributed by atoms with Crippen LogP contribution in [0.2, 0.25) is 0 Å². The molecule has 1 heterocycles. The quantitative estimate of drug-likeness (QED) is 0.645. The molecule has 4 rings (SSSR count). The van der Waals surface area contributed by atoms with Crippen LogP contribution in [0.1, 0.15) is 24.8 Å². The van der Waals surface area contributed by atoms with Gasteiger partial charge in [0.15, 0.2) is 0 Å². The summed E-state index contributed by atoms with van der Waals surface area (Å²) in [7, 11) is 1.62. The monoisotopic (exact) mass is 405 g/mol. The van der Waals surface area contributed by atoms with Gasteiger partial charge < -0.3 is 15.8 Å². The van der Waals surface area contributed by atoms with Crippen LogP contribution in [0.5, 0.6) is 5.75 Å². The Morgan fingerprint density at radius 1 is 1.23 bits per heavy atom. The van der Waals surface area contributed by atoms with Crippen LogP contribution in [-0.4, -0.2) is 29.5 Å². The van der Waals surface area contributed by atoms with Crippen LogP contribution in [0.3, 0.4) is 0 Å². The van der Waals surface area contributed by atoms with Crippen molar-refractivity contribution in [1.82, 2.24) is 9.78 Å². The van der Waals surface area contributed by atoms with Gasteiger partial charge in [0, 0.05) is 24.2 Å². The fourth-order valence-electron chi connectivity index (χ4n) is 3.91. The molecule has 0 amide bonds. The van der Waals surface area contributed by atoms with E-state index >= 15 is 0 Å². The van der Waals surface area contributed by atoms with E-state index in [1.807, 2.05) is 36.4 Å². The predicted molar refractivity (Wildman–Crippen MR) is 114 cm³/mol. The standard InChI is InChI=1S/C23H24FN5O/c1-30-20-8-6-19(7-9-20)29-22(16-3-4-17(13-25)21(24)11-16)12-23(28-29)27-14-15-2-5-18(26)10-15/h3-4,6-9,11-12,15,18H,2,5,10,14,26H2,1H3,(H,27,28)/t15?,18-/m0/s1. The molecular formula is C23H24FN5O. The number of benzene rings is 2. The Morgan fingerprint density at radius 3 is 2.67 bits per heavy atom. The van der Waals surface area contributed by atoms with Gasteiger partial charge in [-0.2, -0.15) is 5.26 Å². The molecule has 2 atom stereocenters. The minimum atomic E-state index is -0.549. The first-order valence-corrected chi connectivity index (χ1v) is 10.0. The average molecular weight is 405 g/mol. The smallest absolute Gasteiger partial charge is 0.149 e. The zero-order chi connectivity index (χ0) is 21.1. The Bertz CT molecular complexity index is 1070. The Morgan fingerprint density at radius 2 is 2.03 bits per heavy atom. The number of nitrogens with zero attached hydrogens (tertiary/aromatic N) is 3. The molecule has 30 heavy (non-hydrogen) atoms. The van der Waals surface area contributed by atoms with E-state index in [9.17, 15) is 4.39 Å². The molecule has 0 aliphatic heterocycles. The van der Waals surface area contributed by atoms with Crippen molar-refractivity contribution < 1.29 is 9.13 Å². The van der Waals surface area contributed by atoms with Crippen molar-refractivity contribution in [3.05, 3.63) is 59.9 Å². The maximum Gasteiger partial charge on any atom is 0.149 e. The number of nitrogens with two attached hydrogens (primary N) is 1. The summed E-state index contributed by atoms with van der Waals surface area (Å²) in [5, 5.41) is 17.1. The van der Waals surface area contributed by atoms with Crippen molar-refractivity contribution in [1.29, 1.82) is 5.26 Å². The first-order chi connectivity index (χ1) is 14.6. The van der Waals surface area contributed by atoms with Crippen LogP contribution in [0, 0.1) is 23.1 Å². The zero-order valence-electron chi connectivity index (χ0n) is 16.8. The van der Waals surface area contributed by atoms with E-state index in [4.69, 9.17) is 20.8 Å². The van der Waals surface area contributed by atoms with Crippen molar-refractivity contribution in [2.24, 2.45) is 11.7 Å². The number of hydrogen-bond donors (Lipinski definition) is 2. The van der Waals surface area contributed by atoms with Gasteiger partial charge in [-0.25, -0.2) is 9.07 Å². The summed E-state index contributed by atoms with van der Waals surface area (Å²) in [5.41, 5.74) is 8.24. The first-order valence-electron chi connectivity index (χ1n) is 10.0. The lowest BCUT2D eigenvalue weighted by Gasteiger charge is -2.10. The van der Waals surface area contributed by atoms with Crippen LogP contribution >= 0.6 is 0 Å². The van der Waals surface area contributed by atoms with Gasteiger partial charge in [0.2, 0.25) is 0 Å². The fraction of sp³-hybridized carbons (Fsp3) is 0.304. The van der Waals surface area contributed by atoms with Crippen LogP contribution in [-0.2, 0) is 0 Å². The summed E-state index contributed by atoms with van der Waals surface area (Å²) in [4.78, 5) is 0. The van der Waals surface area contributed by atoms with Gasteiger partial charge in [0.25, 0.3) is 0 Å². The second kappa shape index (κ2) is 8.56. The van der Waals surface area contributed by atoms with Crippen molar-refractivity contribution >= 4 is 5.82 Å². The molecule has 0 bridgehead atoms. The van der Waals surface area contributed by atoms with Gasteiger partial charge in [-0.15, -0.1) is 5.10 Å². The van der Waals surface area contributed by atoms with E-state index in [0.717, 1.165) is 42.9 Å². The Labute approximate surface area is 175 Å². The first kappa shape index (κ1) is 19.9. The molecule has 0 radical (unpaired) electrons.